The standard InChI is InChI=1S/C17H24N4O4/c1-3-25-16(22)14-8-6-10-20(12-14)17(18-2)19-11-13-7-4-5-9-15(13)21(23)24/h4-5,7,9,14H,3,6,8,10-12H2,1-2H3,(H,18,19). The van der Waals surface area contributed by atoms with Crippen molar-refractivity contribution in [1.29, 1.82) is 0 Å². The van der Waals surface area contributed by atoms with Gasteiger partial charge in [-0.2, -0.15) is 0 Å². The Balaban J connectivity index is 2.01. The zero-order valence-electron chi connectivity index (χ0n) is 14.6. The predicted octanol–water partition coefficient (Wildman–Crippen LogP) is 1.95. The highest BCUT2D eigenvalue weighted by Crippen LogP contribution is 2.19. The average Bonchev–Trinajstić information content (AvgIpc) is 2.63. The van der Waals surface area contributed by atoms with E-state index >= 15 is 0 Å². The topological polar surface area (TPSA) is 97.1 Å². The van der Waals surface area contributed by atoms with E-state index in [-0.39, 0.29) is 17.6 Å². The van der Waals surface area contributed by atoms with Gasteiger partial charge in [-0.15, -0.1) is 0 Å². The first-order valence-corrected chi connectivity index (χ1v) is 8.41. The third-order valence-corrected chi connectivity index (χ3v) is 4.18. The van der Waals surface area contributed by atoms with E-state index in [1.807, 2.05) is 4.90 Å². The first kappa shape index (κ1) is 18.7. The van der Waals surface area contributed by atoms with E-state index in [0.717, 1.165) is 19.4 Å². The van der Waals surface area contributed by atoms with Gasteiger partial charge in [0, 0.05) is 38.3 Å². The molecule has 1 atom stereocenters. The first-order chi connectivity index (χ1) is 12.1. The number of esters is 1. The second-order valence-corrected chi connectivity index (χ2v) is 5.82. The maximum Gasteiger partial charge on any atom is 0.310 e. The second kappa shape index (κ2) is 9.00. The molecule has 1 saturated heterocycles. The number of guanidine groups is 1. The van der Waals surface area contributed by atoms with Gasteiger partial charge in [0.15, 0.2) is 5.96 Å². The number of benzene rings is 1. The van der Waals surface area contributed by atoms with Crippen LogP contribution in [0.2, 0.25) is 0 Å². The molecule has 0 bridgehead atoms. The molecule has 1 aliphatic rings. The summed E-state index contributed by atoms with van der Waals surface area (Å²) in [4.78, 5) is 28.9. The van der Waals surface area contributed by atoms with E-state index in [1.54, 1.807) is 32.2 Å². The molecule has 25 heavy (non-hydrogen) atoms. The molecule has 8 heteroatoms. The number of carbonyl (C=O) groups is 1. The minimum absolute atomic E-state index is 0.0773. The smallest absolute Gasteiger partial charge is 0.310 e. The minimum atomic E-state index is -0.391. The summed E-state index contributed by atoms with van der Waals surface area (Å²) in [7, 11) is 1.66. The molecule has 1 N–H and O–H groups in total. The van der Waals surface area contributed by atoms with Crippen molar-refractivity contribution in [1.82, 2.24) is 10.2 Å². The lowest BCUT2D eigenvalue weighted by Crippen LogP contribution is -2.48. The number of piperidine rings is 1. The predicted molar refractivity (Wildman–Crippen MR) is 94.2 cm³/mol. The first-order valence-electron chi connectivity index (χ1n) is 8.41. The highest BCUT2D eigenvalue weighted by Gasteiger charge is 2.28. The van der Waals surface area contributed by atoms with Gasteiger partial charge in [0.05, 0.1) is 17.4 Å². The summed E-state index contributed by atoms with van der Waals surface area (Å²) in [6, 6.07) is 6.61. The molecule has 1 aliphatic heterocycles. The SMILES string of the molecule is CCOC(=O)C1CCCN(C(=NC)NCc2ccccc2[N+](=O)[O-])C1. The van der Waals surface area contributed by atoms with Crippen molar-refractivity contribution in [2.24, 2.45) is 10.9 Å². The fraction of sp³-hybridized carbons (Fsp3) is 0.529. The number of nitrogens with zero attached hydrogens (tertiary/aromatic N) is 3. The van der Waals surface area contributed by atoms with Crippen LogP contribution in [0.15, 0.2) is 29.3 Å². The Morgan fingerprint density at radius 2 is 2.24 bits per heavy atom. The van der Waals surface area contributed by atoms with E-state index in [9.17, 15) is 14.9 Å². The van der Waals surface area contributed by atoms with E-state index < -0.39 is 4.92 Å². The Kier molecular flexibility index (Phi) is 6.73. The molecule has 1 unspecified atom stereocenters. The van der Waals surface area contributed by atoms with Gasteiger partial charge in [-0.3, -0.25) is 19.9 Å². The van der Waals surface area contributed by atoms with Crippen LogP contribution in [-0.4, -0.2) is 48.5 Å². The number of hydrogen-bond acceptors (Lipinski definition) is 5. The number of para-hydroxylation sites is 1. The molecule has 0 aromatic heterocycles. The maximum absolute atomic E-state index is 12.0. The second-order valence-electron chi connectivity index (χ2n) is 5.82. The quantitative estimate of drug-likeness (QED) is 0.287. The normalized spacial score (nSPS) is 17.9. The zero-order chi connectivity index (χ0) is 18.2. The van der Waals surface area contributed by atoms with Crippen molar-refractivity contribution in [2.75, 3.05) is 26.7 Å². The van der Waals surface area contributed by atoms with Gasteiger partial charge in [-0.25, -0.2) is 0 Å². The number of nitro groups is 1. The number of ether oxygens (including phenoxy) is 1. The lowest BCUT2D eigenvalue weighted by atomic mass is 9.98. The van der Waals surface area contributed by atoms with Crippen molar-refractivity contribution in [3.05, 3.63) is 39.9 Å². The zero-order valence-corrected chi connectivity index (χ0v) is 14.6. The van der Waals surface area contributed by atoms with Gasteiger partial charge in [0.25, 0.3) is 5.69 Å². The minimum Gasteiger partial charge on any atom is -0.466 e. The maximum atomic E-state index is 12.0. The van der Waals surface area contributed by atoms with Crippen LogP contribution in [0.3, 0.4) is 0 Å². The summed E-state index contributed by atoms with van der Waals surface area (Å²) in [5, 5.41) is 14.3. The number of aliphatic imine (C=N–C) groups is 1. The number of hydrogen-bond donors (Lipinski definition) is 1. The molecule has 1 aromatic rings. The fourth-order valence-corrected chi connectivity index (χ4v) is 2.97. The van der Waals surface area contributed by atoms with Gasteiger partial charge in [0.2, 0.25) is 0 Å². The van der Waals surface area contributed by atoms with Crippen LogP contribution in [0, 0.1) is 16.0 Å². The molecule has 0 saturated carbocycles. The molecule has 0 amide bonds. The number of nitrogens with one attached hydrogen (secondary N) is 1. The van der Waals surface area contributed by atoms with Crippen LogP contribution in [0.1, 0.15) is 25.3 Å². The van der Waals surface area contributed by atoms with Gasteiger partial charge < -0.3 is 15.0 Å². The van der Waals surface area contributed by atoms with Gasteiger partial charge in [-0.05, 0) is 19.8 Å². The molecule has 8 nitrogen and oxygen atoms in total. The molecular weight excluding hydrogens is 324 g/mol. The third-order valence-electron chi connectivity index (χ3n) is 4.18. The fourth-order valence-electron chi connectivity index (χ4n) is 2.97. The molecule has 0 radical (unpaired) electrons. The van der Waals surface area contributed by atoms with Gasteiger partial charge >= 0.3 is 5.97 Å². The Morgan fingerprint density at radius 3 is 2.92 bits per heavy atom. The third kappa shape index (κ3) is 4.91. The van der Waals surface area contributed by atoms with Crippen LogP contribution >= 0.6 is 0 Å². The van der Waals surface area contributed by atoms with Crippen LogP contribution in [0.5, 0.6) is 0 Å². The highest BCUT2D eigenvalue weighted by molar-refractivity contribution is 5.81. The Morgan fingerprint density at radius 1 is 1.48 bits per heavy atom. The molecule has 0 spiro atoms. The molecule has 0 aliphatic carbocycles. The lowest BCUT2D eigenvalue weighted by molar-refractivity contribution is -0.385. The van der Waals surface area contributed by atoms with E-state index in [4.69, 9.17) is 4.74 Å². The molecule has 136 valence electrons. The lowest BCUT2D eigenvalue weighted by Gasteiger charge is -2.33. The Bertz CT molecular complexity index is 647. The van der Waals surface area contributed by atoms with Crippen LogP contribution in [0.4, 0.5) is 5.69 Å². The van der Waals surface area contributed by atoms with Crippen LogP contribution in [-0.2, 0) is 16.1 Å². The largest absolute Gasteiger partial charge is 0.466 e. The molecule has 1 heterocycles. The number of nitro benzene ring substituents is 1. The van der Waals surface area contributed by atoms with Crippen molar-refractivity contribution >= 4 is 17.6 Å². The summed E-state index contributed by atoms with van der Waals surface area (Å²) >= 11 is 0. The van der Waals surface area contributed by atoms with Crippen molar-refractivity contribution in [3.63, 3.8) is 0 Å². The summed E-state index contributed by atoms with van der Waals surface area (Å²) in [5.41, 5.74) is 0.668. The molecule has 1 fully saturated rings. The highest BCUT2D eigenvalue weighted by atomic mass is 16.6. The number of likely N-dealkylation sites (tertiary alicyclic amines) is 1. The molecule has 2 rings (SSSR count). The van der Waals surface area contributed by atoms with Crippen molar-refractivity contribution in [2.45, 2.75) is 26.3 Å². The van der Waals surface area contributed by atoms with Crippen LogP contribution in [0.25, 0.3) is 0 Å². The van der Waals surface area contributed by atoms with Crippen LogP contribution < -0.4 is 5.32 Å². The summed E-state index contributed by atoms with van der Waals surface area (Å²) in [6.45, 7) is 3.79. The van der Waals surface area contributed by atoms with Crippen molar-refractivity contribution in [3.8, 4) is 0 Å². The molecule has 1 aromatic carbocycles. The van der Waals surface area contributed by atoms with E-state index in [0.29, 0.717) is 31.2 Å². The number of rotatable bonds is 5. The summed E-state index contributed by atoms with van der Waals surface area (Å²) in [5.74, 6) is 0.284. The average molecular weight is 348 g/mol. The van der Waals surface area contributed by atoms with E-state index in [2.05, 4.69) is 10.3 Å². The Hall–Kier alpha value is -2.64. The van der Waals surface area contributed by atoms with Gasteiger partial charge in [0.1, 0.15) is 0 Å². The monoisotopic (exact) mass is 348 g/mol. The van der Waals surface area contributed by atoms with Crippen molar-refractivity contribution < 1.29 is 14.5 Å². The summed E-state index contributed by atoms with van der Waals surface area (Å²) < 4.78 is 5.11. The van der Waals surface area contributed by atoms with E-state index in [1.165, 1.54) is 6.07 Å². The molecular formula is C17H24N4O4. The number of carbonyl (C=O) groups excluding carboxylic acids is 1. The Labute approximate surface area is 147 Å². The summed E-state index contributed by atoms with van der Waals surface area (Å²) in [6.07, 6.45) is 1.67. The van der Waals surface area contributed by atoms with Gasteiger partial charge in [-0.1, -0.05) is 18.2 Å².